The van der Waals surface area contributed by atoms with E-state index in [0.717, 1.165) is 30.4 Å². The van der Waals surface area contributed by atoms with Gasteiger partial charge in [-0.1, -0.05) is 42.6 Å². The summed E-state index contributed by atoms with van der Waals surface area (Å²) in [6, 6.07) is 10.4. The van der Waals surface area contributed by atoms with Crippen molar-refractivity contribution in [1.29, 1.82) is 0 Å². The Morgan fingerprint density at radius 3 is 2.78 bits per heavy atom. The molecule has 0 spiro atoms. The minimum Gasteiger partial charge on any atom is -0.459 e. The van der Waals surface area contributed by atoms with Crippen LogP contribution in [0.4, 0.5) is 0 Å². The van der Waals surface area contributed by atoms with E-state index in [9.17, 15) is 9.59 Å². The van der Waals surface area contributed by atoms with Gasteiger partial charge in [-0.15, -0.1) is 11.3 Å². The molecule has 1 atom stereocenters. The molecule has 0 saturated carbocycles. The van der Waals surface area contributed by atoms with Crippen LogP contribution < -0.4 is 0 Å². The lowest BCUT2D eigenvalue weighted by Crippen LogP contribution is -2.47. The fourth-order valence-corrected chi connectivity index (χ4v) is 5.47. The minimum absolute atomic E-state index is 0.0132. The van der Waals surface area contributed by atoms with E-state index >= 15 is 0 Å². The van der Waals surface area contributed by atoms with Crippen LogP contribution in [0.3, 0.4) is 0 Å². The number of thiophene rings is 1. The van der Waals surface area contributed by atoms with Gasteiger partial charge >= 0.3 is 0 Å². The van der Waals surface area contributed by atoms with Crippen molar-refractivity contribution in [2.75, 3.05) is 19.6 Å². The number of benzene rings is 1. The molecule has 5 nitrogen and oxygen atoms in total. The van der Waals surface area contributed by atoms with Crippen LogP contribution in [0.2, 0.25) is 10.0 Å². The zero-order chi connectivity index (χ0) is 22.7. The average Bonchev–Trinajstić information content (AvgIpc) is 3.47. The second-order valence-corrected chi connectivity index (χ2v) is 9.61. The number of furan rings is 1. The molecule has 3 heterocycles. The summed E-state index contributed by atoms with van der Waals surface area (Å²) in [6.07, 6.45) is 3.97. The summed E-state index contributed by atoms with van der Waals surface area (Å²) in [7, 11) is 0. The highest BCUT2D eigenvalue weighted by Gasteiger charge is 2.35. The number of rotatable bonds is 7. The van der Waals surface area contributed by atoms with Crippen LogP contribution in [0, 0.1) is 0 Å². The van der Waals surface area contributed by atoms with Gasteiger partial charge in [-0.2, -0.15) is 0 Å². The Morgan fingerprint density at radius 1 is 1.22 bits per heavy atom. The molecule has 0 saturated heterocycles. The summed E-state index contributed by atoms with van der Waals surface area (Å²) < 4.78 is 5.29. The van der Waals surface area contributed by atoms with Crippen molar-refractivity contribution in [1.82, 2.24) is 9.80 Å². The molecule has 1 unspecified atom stereocenters. The van der Waals surface area contributed by atoms with E-state index in [1.807, 2.05) is 16.3 Å². The summed E-state index contributed by atoms with van der Waals surface area (Å²) in [5.41, 5.74) is 1.91. The van der Waals surface area contributed by atoms with Gasteiger partial charge in [0, 0.05) is 28.0 Å². The topological polar surface area (TPSA) is 53.8 Å². The highest BCUT2D eigenvalue weighted by Crippen LogP contribution is 2.41. The van der Waals surface area contributed by atoms with Gasteiger partial charge in [0.05, 0.1) is 12.3 Å². The number of hydrogen-bond acceptors (Lipinski definition) is 4. The van der Waals surface area contributed by atoms with E-state index in [1.165, 1.54) is 11.1 Å². The van der Waals surface area contributed by atoms with Crippen molar-refractivity contribution in [2.45, 2.75) is 32.2 Å². The first-order chi connectivity index (χ1) is 15.5. The van der Waals surface area contributed by atoms with Crippen LogP contribution in [0.1, 0.15) is 52.4 Å². The zero-order valence-electron chi connectivity index (χ0n) is 17.7. The zero-order valence-corrected chi connectivity index (χ0v) is 20.1. The number of unbranched alkanes of at least 4 members (excludes halogenated alkanes) is 1. The third kappa shape index (κ3) is 4.72. The summed E-state index contributed by atoms with van der Waals surface area (Å²) in [4.78, 5) is 31.2. The first-order valence-corrected chi connectivity index (χ1v) is 12.3. The lowest BCUT2D eigenvalue weighted by atomic mass is 9.93. The highest BCUT2D eigenvalue weighted by atomic mass is 35.5. The number of halogens is 2. The van der Waals surface area contributed by atoms with Crippen molar-refractivity contribution in [3.8, 4) is 0 Å². The monoisotopic (exact) mass is 490 g/mol. The number of nitrogens with zero attached hydrogens (tertiary/aromatic N) is 2. The van der Waals surface area contributed by atoms with Crippen LogP contribution in [-0.4, -0.2) is 41.2 Å². The van der Waals surface area contributed by atoms with Crippen molar-refractivity contribution in [3.05, 3.63) is 79.9 Å². The van der Waals surface area contributed by atoms with Gasteiger partial charge in [0.1, 0.15) is 6.54 Å². The maximum absolute atomic E-state index is 13.6. The molecule has 1 aliphatic heterocycles. The van der Waals surface area contributed by atoms with Crippen molar-refractivity contribution >= 4 is 46.4 Å². The summed E-state index contributed by atoms with van der Waals surface area (Å²) in [5.74, 6) is -0.148. The molecule has 1 aliphatic rings. The van der Waals surface area contributed by atoms with Gasteiger partial charge < -0.3 is 14.2 Å². The SMILES string of the molecule is CCCCN(CC(=O)N1CCc2sccc2C1c1ccc(Cl)cc1Cl)C(=O)c1ccco1. The van der Waals surface area contributed by atoms with Crippen LogP contribution in [-0.2, 0) is 11.2 Å². The van der Waals surface area contributed by atoms with E-state index in [1.54, 1.807) is 40.5 Å². The highest BCUT2D eigenvalue weighted by molar-refractivity contribution is 7.10. The van der Waals surface area contributed by atoms with Gasteiger partial charge in [0.25, 0.3) is 5.91 Å². The number of fused-ring (bicyclic) bond motifs is 1. The molecule has 0 radical (unpaired) electrons. The summed E-state index contributed by atoms with van der Waals surface area (Å²) in [6.45, 7) is 3.09. The maximum Gasteiger partial charge on any atom is 0.290 e. The average molecular weight is 491 g/mol. The van der Waals surface area contributed by atoms with Crippen LogP contribution in [0.25, 0.3) is 0 Å². The Labute approximate surface area is 201 Å². The number of carbonyl (C=O) groups excluding carboxylic acids is 2. The maximum atomic E-state index is 13.6. The van der Waals surface area contributed by atoms with Crippen LogP contribution in [0.15, 0.2) is 52.5 Å². The van der Waals surface area contributed by atoms with Gasteiger partial charge in [0.15, 0.2) is 5.76 Å². The normalized spacial score (nSPS) is 15.5. The molecule has 168 valence electrons. The van der Waals surface area contributed by atoms with Crippen molar-refractivity contribution in [3.63, 3.8) is 0 Å². The Kier molecular flexibility index (Phi) is 7.23. The van der Waals surface area contributed by atoms with Crippen LogP contribution in [0.5, 0.6) is 0 Å². The second kappa shape index (κ2) is 10.1. The molecule has 32 heavy (non-hydrogen) atoms. The Hall–Kier alpha value is -2.28. The molecule has 4 rings (SSSR count). The first kappa shape index (κ1) is 22.9. The number of carbonyl (C=O) groups is 2. The molecule has 2 amide bonds. The van der Waals surface area contributed by atoms with Gasteiger partial charge in [0.2, 0.25) is 5.91 Å². The molecule has 2 aromatic heterocycles. The molecule has 8 heteroatoms. The molecule has 3 aromatic rings. The number of amides is 2. The predicted molar refractivity (Wildman–Crippen MR) is 128 cm³/mol. The molecule has 0 fully saturated rings. The van der Waals surface area contributed by atoms with Crippen molar-refractivity contribution in [2.24, 2.45) is 0 Å². The first-order valence-electron chi connectivity index (χ1n) is 10.6. The standard InChI is InChI=1S/C24H24Cl2N2O3S/c1-2-3-10-27(24(30)20-5-4-12-31-20)15-22(29)28-11-8-21-18(9-13-32-21)23(28)17-7-6-16(25)14-19(17)26/h4-7,9,12-14,23H,2-3,8,10-11,15H2,1H3. The molecular weight excluding hydrogens is 467 g/mol. The third-order valence-corrected chi connectivity index (χ3v) is 7.23. The minimum atomic E-state index is -0.311. The van der Waals surface area contributed by atoms with E-state index in [0.29, 0.717) is 23.1 Å². The fraction of sp³-hybridized carbons (Fsp3) is 0.333. The van der Waals surface area contributed by atoms with Gasteiger partial charge in [-0.3, -0.25) is 9.59 Å². The Morgan fingerprint density at radius 2 is 2.06 bits per heavy atom. The molecule has 0 aliphatic carbocycles. The van der Waals surface area contributed by atoms with Crippen LogP contribution >= 0.6 is 34.5 Å². The lowest BCUT2D eigenvalue weighted by molar-refractivity contribution is -0.134. The summed E-state index contributed by atoms with van der Waals surface area (Å²) in [5, 5.41) is 3.12. The fourth-order valence-electron chi connectivity index (χ4n) is 4.06. The molecular formula is C24H24Cl2N2O3S. The predicted octanol–water partition coefficient (Wildman–Crippen LogP) is 6.06. The molecule has 0 N–H and O–H groups in total. The van der Waals surface area contributed by atoms with E-state index in [2.05, 4.69) is 13.0 Å². The van der Waals surface area contributed by atoms with Crippen molar-refractivity contribution < 1.29 is 14.0 Å². The van der Waals surface area contributed by atoms with E-state index < -0.39 is 0 Å². The number of hydrogen-bond donors (Lipinski definition) is 0. The third-order valence-electron chi connectivity index (χ3n) is 5.67. The van der Waals surface area contributed by atoms with Gasteiger partial charge in [-0.25, -0.2) is 0 Å². The Balaban J connectivity index is 1.63. The second-order valence-electron chi connectivity index (χ2n) is 7.76. The summed E-state index contributed by atoms with van der Waals surface area (Å²) >= 11 is 14.4. The Bertz CT molecular complexity index is 1100. The molecule has 1 aromatic carbocycles. The lowest BCUT2D eigenvalue weighted by Gasteiger charge is -2.38. The van der Waals surface area contributed by atoms with Gasteiger partial charge in [-0.05, 0) is 59.7 Å². The van der Waals surface area contributed by atoms with E-state index in [4.69, 9.17) is 27.6 Å². The largest absolute Gasteiger partial charge is 0.459 e. The molecule has 0 bridgehead atoms. The van der Waals surface area contributed by atoms with E-state index in [-0.39, 0.29) is 30.2 Å². The smallest absolute Gasteiger partial charge is 0.290 e. The quantitative estimate of drug-likeness (QED) is 0.404.